The van der Waals surface area contributed by atoms with Gasteiger partial charge in [0.25, 0.3) is 0 Å². The molecule has 1 N–H and O–H groups in total. The van der Waals surface area contributed by atoms with E-state index in [-0.39, 0.29) is 6.61 Å². The fraction of sp³-hybridized carbons (Fsp3) is 0.714. The molecule has 0 aliphatic carbocycles. The Balaban J connectivity index is 3.74. The Kier molecular flexibility index (Phi) is 3.30. The van der Waals surface area contributed by atoms with Gasteiger partial charge >= 0.3 is 0 Å². The van der Waals surface area contributed by atoms with Gasteiger partial charge in [-0.3, -0.25) is 0 Å². The average Bonchev–Trinajstić information content (AvgIpc) is 1.64. The minimum atomic E-state index is -0.619. The van der Waals surface area contributed by atoms with Gasteiger partial charge in [0.05, 0.1) is 0 Å². The van der Waals surface area contributed by atoms with E-state index >= 15 is 0 Å². The minimum Gasteiger partial charge on any atom is -0.396 e. The molecule has 0 amide bonds. The molecule has 0 saturated carbocycles. The summed E-state index contributed by atoms with van der Waals surface area (Å²) in [6.07, 6.45) is 7.32. The molecule has 0 unspecified atom stereocenters. The van der Waals surface area contributed by atoms with Crippen LogP contribution in [0.2, 0.25) is 0 Å². The fourth-order valence-corrected chi connectivity index (χ4v) is 1.13. The molecule has 0 fully saturated rings. The molecule has 2 heteroatoms. The minimum absolute atomic E-state index is 0.239. The summed E-state index contributed by atoms with van der Waals surface area (Å²) in [7, 11) is -0.619. The molecule has 0 heterocycles. The zero-order chi connectivity index (χ0) is 7.49. The maximum atomic E-state index is 8.55. The SMILES string of the molecule is C=C(CCO)S(C)(C)C. The maximum Gasteiger partial charge on any atom is 0.0475 e. The zero-order valence-corrected chi connectivity index (χ0v) is 7.29. The van der Waals surface area contributed by atoms with Crippen molar-refractivity contribution in [3.63, 3.8) is 0 Å². The van der Waals surface area contributed by atoms with Crippen LogP contribution in [0.5, 0.6) is 0 Å². The molecular formula is C7H16OS. The Morgan fingerprint density at radius 3 is 2.00 bits per heavy atom. The van der Waals surface area contributed by atoms with Crippen LogP contribution in [0.4, 0.5) is 0 Å². The van der Waals surface area contributed by atoms with Crippen molar-refractivity contribution in [2.45, 2.75) is 6.42 Å². The van der Waals surface area contributed by atoms with E-state index in [1.165, 1.54) is 4.91 Å². The zero-order valence-electron chi connectivity index (χ0n) is 6.48. The molecule has 0 atom stereocenters. The van der Waals surface area contributed by atoms with Crippen LogP contribution in [0.25, 0.3) is 0 Å². The lowest BCUT2D eigenvalue weighted by atomic mass is 10.4. The topological polar surface area (TPSA) is 20.2 Å². The number of rotatable bonds is 3. The molecule has 0 aromatic rings. The smallest absolute Gasteiger partial charge is 0.0475 e. The van der Waals surface area contributed by atoms with Crippen LogP contribution in [-0.4, -0.2) is 30.5 Å². The second-order valence-corrected chi connectivity index (χ2v) is 7.10. The van der Waals surface area contributed by atoms with Gasteiger partial charge < -0.3 is 5.11 Å². The summed E-state index contributed by atoms with van der Waals surface area (Å²) in [5, 5.41) is 8.55. The summed E-state index contributed by atoms with van der Waals surface area (Å²) < 4.78 is 0. The number of aliphatic hydroxyl groups excluding tert-OH is 1. The number of hydrogen-bond acceptors (Lipinski definition) is 1. The highest BCUT2D eigenvalue weighted by Crippen LogP contribution is 2.44. The lowest BCUT2D eigenvalue weighted by Gasteiger charge is -2.27. The van der Waals surface area contributed by atoms with Crippen molar-refractivity contribution >= 4 is 10.0 Å². The summed E-state index contributed by atoms with van der Waals surface area (Å²) in [5.74, 6) is 0. The molecule has 0 aromatic heterocycles. The second kappa shape index (κ2) is 3.28. The Bertz CT molecular complexity index is 102. The Morgan fingerprint density at radius 2 is 1.89 bits per heavy atom. The van der Waals surface area contributed by atoms with Gasteiger partial charge in [-0.1, -0.05) is 6.58 Å². The van der Waals surface area contributed by atoms with Crippen LogP contribution in [0.15, 0.2) is 11.5 Å². The van der Waals surface area contributed by atoms with E-state index in [0.29, 0.717) is 0 Å². The van der Waals surface area contributed by atoms with E-state index in [4.69, 9.17) is 5.11 Å². The summed E-state index contributed by atoms with van der Waals surface area (Å²) in [4.78, 5) is 1.20. The lowest BCUT2D eigenvalue weighted by Crippen LogP contribution is -1.97. The predicted octanol–water partition coefficient (Wildman–Crippen LogP) is 1.58. The van der Waals surface area contributed by atoms with E-state index in [9.17, 15) is 0 Å². The van der Waals surface area contributed by atoms with Crippen LogP contribution < -0.4 is 0 Å². The quantitative estimate of drug-likeness (QED) is 0.644. The van der Waals surface area contributed by atoms with Crippen LogP contribution >= 0.6 is 10.0 Å². The highest BCUT2D eigenvalue weighted by Gasteiger charge is 2.06. The highest BCUT2D eigenvalue weighted by atomic mass is 32.3. The molecule has 0 bridgehead atoms. The van der Waals surface area contributed by atoms with Gasteiger partial charge in [-0.05, 0) is 30.1 Å². The van der Waals surface area contributed by atoms with E-state index < -0.39 is 10.0 Å². The van der Waals surface area contributed by atoms with Gasteiger partial charge in [0.2, 0.25) is 0 Å². The van der Waals surface area contributed by atoms with Crippen molar-refractivity contribution in [1.82, 2.24) is 0 Å². The molecule has 0 saturated heterocycles. The molecule has 0 aliphatic heterocycles. The third kappa shape index (κ3) is 3.60. The second-order valence-electron chi connectivity index (χ2n) is 2.85. The Labute approximate surface area is 59.1 Å². The third-order valence-electron chi connectivity index (χ3n) is 1.26. The fourth-order valence-electron chi connectivity index (χ4n) is 0.431. The summed E-state index contributed by atoms with van der Waals surface area (Å²) in [6.45, 7) is 4.13. The molecule has 0 rings (SSSR count). The normalized spacial score (nSPS) is 13.3. The first kappa shape index (κ1) is 9.05. The van der Waals surface area contributed by atoms with Crippen LogP contribution in [0, 0.1) is 0 Å². The van der Waals surface area contributed by atoms with Crippen LogP contribution in [0.3, 0.4) is 0 Å². The van der Waals surface area contributed by atoms with Gasteiger partial charge in [-0.15, -0.1) is 0 Å². The van der Waals surface area contributed by atoms with Crippen molar-refractivity contribution in [1.29, 1.82) is 0 Å². The van der Waals surface area contributed by atoms with Gasteiger partial charge in [-0.25, -0.2) is 10.0 Å². The van der Waals surface area contributed by atoms with E-state index in [0.717, 1.165) is 6.42 Å². The molecule has 9 heavy (non-hydrogen) atoms. The average molecular weight is 148 g/mol. The first-order valence-electron chi connectivity index (χ1n) is 2.95. The molecule has 0 radical (unpaired) electrons. The highest BCUT2D eigenvalue weighted by molar-refractivity contribution is 8.35. The molecule has 0 aliphatic rings. The molecular weight excluding hydrogens is 132 g/mol. The van der Waals surface area contributed by atoms with Gasteiger partial charge in [0, 0.05) is 6.61 Å². The Morgan fingerprint density at radius 1 is 1.44 bits per heavy atom. The van der Waals surface area contributed by atoms with Crippen molar-refractivity contribution in [2.75, 3.05) is 25.4 Å². The lowest BCUT2D eigenvalue weighted by molar-refractivity contribution is 0.301. The first-order chi connectivity index (χ1) is 3.98. The van der Waals surface area contributed by atoms with Crippen molar-refractivity contribution < 1.29 is 5.11 Å². The van der Waals surface area contributed by atoms with Gasteiger partial charge in [0.1, 0.15) is 0 Å². The maximum absolute atomic E-state index is 8.55. The van der Waals surface area contributed by atoms with E-state index in [1.54, 1.807) is 0 Å². The number of aliphatic hydroxyl groups is 1. The van der Waals surface area contributed by atoms with Crippen LogP contribution in [-0.2, 0) is 0 Å². The van der Waals surface area contributed by atoms with E-state index in [1.807, 2.05) is 0 Å². The van der Waals surface area contributed by atoms with Crippen molar-refractivity contribution in [2.24, 2.45) is 0 Å². The third-order valence-corrected chi connectivity index (χ3v) is 3.19. The van der Waals surface area contributed by atoms with Crippen molar-refractivity contribution in [3.05, 3.63) is 11.5 Å². The molecule has 0 spiro atoms. The van der Waals surface area contributed by atoms with Crippen LogP contribution in [0.1, 0.15) is 6.42 Å². The summed E-state index contributed by atoms with van der Waals surface area (Å²) in [5.41, 5.74) is 0. The largest absolute Gasteiger partial charge is 0.396 e. The van der Waals surface area contributed by atoms with Gasteiger partial charge in [0.15, 0.2) is 0 Å². The van der Waals surface area contributed by atoms with E-state index in [2.05, 4.69) is 25.3 Å². The molecule has 56 valence electrons. The summed E-state index contributed by atoms with van der Waals surface area (Å²) >= 11 is 0. The molecule has 0 aromatic carbocycles. The summed E-state index contributed by atoms with van der Waals surface area (Å²) in [6, 6.07) is 0. The monoisotopic (exact) mass is 148 g/mol. The Hall–Kier alpha value is 0.0500. The predicted molar refractivity (Wildman–Crippen MR) is 46.2 cm³/mol. The van der Waals surface area contributed by atoms with Crippen molar-refractivity contribution in [3.8, 4) is 0 Å². The first-order valence-corrected chi connectivity index (χ1v) is 5.81. The number of hydrogen-bond donors (Lipinski definition) is 1. The standard InChI is InChI=1S/C7H16OS/c1-7(5-6-8)9(2,3)4/h8H,1,5-6H2,2-4H3. The molecule has 1 nitrogen and oxygen atoms in total. The van der Waals surface area contributed by atoms with Gasteiger partial charge in [-0.2, -0.15) is 0 Å².